The summed E-state index contributed by atoms with van der Waals surface area (Å²) in [5, 5.41) is 3.37. The van der Waals surface area contributed by atoms with Gasteiger partial charge in [-0.25, -0.2) is 8.42 Å². The average molecular weight is 382 g/mol. The topological polar surface area (TPSA) is 71.0 Å². The van der Waals surface area contributed by atoms with Crippen molar-refractivity contribution in [1.29, 1.82) is 0 Å². The van der Waals surface area contributed by atoms with Gasteiger partial charge in [-0.2, -0.15) is 0 Å². The van der Waals surface area contributed by atoms with Crippen molar-refractivity contribution in [1.82, 2.24) is 10.2 Å². The Hall–Kier alpha value is -1.60. The molecule has 0 spiro atoms. The van der Waals surface area contributed by atoms with E-state index < -0.39 is 9.84 Å². The standard InChI is InChI=1S/C19H31N3O3S/c1-4-20-19(22-14-11-17(12-15-22)25-5-2)21-13-10-16-6-8-18(9-7-16)26(3,23)24/h6-9,17H,4-5,10-15H2,1-3H3,(H,20,21). The van der Waals surface area contributed by atoms with Crippen LogP contribution in [0.25, 0.3) is 0 Å². The summed E-state index contributed by atoms with van der Waals surface area (Å²) in [5.74, 6) is 0.954. The molecule has 1 aromatic carbocycles. The van der Waals surface area contributed by atoms with Crippen LogP contribution in [0.1, 0.15) is 32.3 Å². The number of hydrogen-bond acceptors (Lipinski definition) is 4. The van der Waals surface area contributed by atoms with E-state index in [-0.39, 0.29) is 0 Å². The Morgan fingerprint density at radius 2 is 1.88 bits per heavy atom. The van der Waals surface area contributed by atoms with Crippen LogP contribution in [0.4, 0.5) is 0 Å². The Kier molecular flexibility index (Phi) is 7.90. The van der Waals surface area contributed by atoms with Gasteiger partial charge < -0.3 is 15.0 Å². The second-order valence-electron chi connectivity index (χ2n) is 6.54. The van der Waals surface area contributed by atoms with Gasteiger partial charge in [-0.1, -0.05) is 12.1 Å². The highest BCUT2D eigenvalue weighted by molar-refractivity contribution is 7.90. The minimum absolute atomic E-state index is 0.357. The van der Waals surface area contributed by atoms with Crippen molar-refractivity contribution < 1.29 is 13.2 Å². The molecule has 0 aliphatic carbocycles. The number of rotatable bonds is 7. The van der Waals surface area contributed by atoms with E-state index in [9.17, 15) is 8.42 Å². The van der Waals surface area contributed by atoms with Gasteiger partial charge in [0.25, 0.3) is 0 Å². The molecule has 0 atom stereocenters. The molecule has 1 fully saturated rings. The molecule has 1 heterocycles. The van der Waals surface area contributed by atoms with Gasteiger partial charge in [0.05, 0.1) is 11.0 Å². The maximum atomic E-state index is 11.5. The van der Waals surface area contributed by atoms with E-state index in [2.05, 4.69) is 17.1 Å². The fourth-order valence-corrected chi connectivity index (χ4v) is 3.72. The predicted octanol–water partition coefficient (Wildman–Crippen LogP) is 2.10. The molecule has 7 heteroatoms. The lowest BCUT2D eigenvalue weighted by molar-refractivity contribution is 0.0264. The maximum Gasteiger partial charge on any atom is 0.193 e. The largest absolute Gasteiger partial charge is 0.378 e. The molecule has 0 aromatic heterocycles. The number of aliphatic imine (C=N–C) groups is 1. The van der Waals surface area contributed by atoms with Crippen molar-refractivity contribution in [2.75, 3.05) is 39.0 Å². The molecule has 0 radical (unpaired) electrons. The summed E-state index contributed by atoms with van der Waals surface area (Å²) in [6.45, 7) is 8.32. The average Bonchev–Trinajstić information content (AvgIpc) is 2.62. The first-order valence-corrected chi connectivity index (χ1v) is 11.3. The minimum Gasteiger partial charge on any atom is -0.378 e. The maximum absolute atomic E-state index is 11.5. The molecule has 0 saturated carbocycles. The van der Waals surface area contributed by atoms with Crippen LogP contribution < -0.4 is 5.32 Å². The van der Waals surface area contributed by atoms with E-state index in [1.54, 1.807) is 12.1 Å². The van der Waals surface area contributed by atoms with Gasteiger partial charge in [-0.05, 0) is 50.8 Å². The number of nitrogens with one attached hydrogen (secondary N) is 1. The lowest BCUT2D eigenvalue weighted by Gasteiger charge is -2.34. The Bertz CT molecular complexity index is 678. The normalized spacial score (nSPS) is 16.7. The smallest absolute Gasteiger partial charge is 0.193 e. The van der Waals surface area contributed by atoms with Crippen molar-refractivity contribution in [2.45, 2.75) is 44.1 Å². The third kappa shape index (κ3) is 6.29. The van der Waals surface area contributed by atoms with Crippen LogP contribution in [0.2, 0.25) is 0 Å². The summed E-state index contributed by atoms with van der Waals surface area (Å²) in [4.78, 5) is 7.40. The first-order valence-electron chi connectivity index (χ1n) is 9.38. The van der Waals surface area contributed by atoms with Crippen LogP contribution in [0.5, 0.6) is 0 Å². The summed E-state index contributed by atoms with van der Waals surface area (Å²) in [6, 6.07) is 7.06. The predicted molar refractivity (Wildman–Crippen MR) is 105 cm³/mol. The number of ether oxygens (including phenoxy) is 1. The molecule has 0 bridgehead atoms. The van der Waals surface area contributed by atoms with Gasteiger partial charge in [-0.3, -0.25) is 4.99 Å². The van der Waals surface area contributed by atoms with Crippen molar-refractivity contribution in [3.8, 4) is 0 Å². The number of guanidine groups is 1. The van der Waals surface area contributed by atoms with Crippen molar-refractivity contribution >= 4 is 15.8 Å². The highest BCUT2D eigenvalue weighted by atomic mass is 32.2. The highest BCUT2D eigenvalue weighted by Crippen LogP contribution is 2.14. The van der Waals surface area contributed by atoms with Gasteiger partial charge >= 0.3 is 0 Å². The Morgan fingerprint density at radius 3 is 2.42 bits per heavy atom. The molecule has 0 unspecified atom stereocenters. The molecule has 0 amide bonds. The number of sulfone groups is 1. The highest BCUT2D eigenvalue weighted by Gasteiger charge is 2.21. The third-order valence-electron chi connectivity index (χ3n) is 4.49. The molecule has 1 saturated heterocycles. The van der Waals surface area contributed by atoms with E-state index in [1.807, 2.05) is 19.1 Å². The quantitative estimate of drug-likeness (QED) is 0.578. The van der Waals surface area contributed by atoms with Crippen LogP contribution in [-0.4, -0.2) is 64.4 Å². The van der Waals surface area contributed by atoms with Gasteiger partial charge in [-0.15, -0.1) is 0 Å². The lowest BCUT2D eigenvalue weighted by atomic mass is 10.1. The van der Waals surface area contributed by atoms with Gasteiger partial charge in [0.2, 0.25) is 0 Å². The van der Waals surface area contributed by atoms with Crippen LogP contribution in [0.15, 0.2) is 34.2 Å². The molecule has 26 heavy (non-hydrogen) atoms. The fraction of sp³-hybridized carbons (Fsp3) is 0.632. The fourth-order valence-electron chi connectivity index (χ4n) is 3.09. The number of benzene rings is 1. The molecule has 1 aromatic rings. The zero-order chi connectivity index (χ0) is 19.0. The van der Waals surface area contributed by atoms with Crippen molar-refractivity contribution in [2.24, 2.45) is 4.99 Å². The lowest BCUT2D eigenvalue weighted by Crippen LogP contribution is -2.47. The van der Waals surface area contributed by atoms with Crippen LogP contribution in [0.3, 0.4) is 0 Å². The monoisotopic (exact) mass is 381 g/mol. The van der Waals surface area contributed by atoms with Crippen LogP contribution >= 0.6 is 0 Å². The van der Waals surface area contributed by atoms with Gasteiger partial charge in [0.15, 0.2) is 15.8 Å². The molecule has 1 aliphatic heterocycles. The first kappa shape index (κ1) is 20.7. The van der Waals surface area contributed by atoms with Crippen LogP contribution in [-0.2, 0) is 21.0 Å². The number of piperidine rings is 1. The summed E-state index contributed by atoms with van der Waals surface area (Å²) in [5.41, 5.74) is 1.09. The number of likely N-dealkylation sites (tertiary alicyclic amines) is 1. The third-order valence-corrected chi connectivity index (χ3v) is 5.62. The van der Waals surface area contributed by atoms with Crippen molar-refractivity contribution in [3.05, 3.63) is 29.8 Å². The molecule has 2 rings (SSSR count). The summed E-state index contributed by atoms with van der Waals surface area (Å²) >= 11 is 0. The molecular formula is C19H31N3O3S. The molecule has 6 nitrogen and oxygen atoms in total. The van der Waals surface area contributed by atoms with E-state index in [1.165, 1.54) is 6.26 Å². The SMILES string of the molecule is CCNC(=NCCc1ccc(S(C)(=O)=O)cc1)N1CCC(OCC)CC1. The molecule has 1 aliphatic rings. The van der Waals surface area contributed by atoms with Gasteiger partial charge in [0.1, 0.15) is 0 Å². The zero-order valence-electron chi connectivity index (χ0n) is 16.1. The Morgan fingerprint density at radius 1 is 1.23 bits per heavy atom. The molecular weight excluding hydrogens is 350 g/mol. The van der Waals surface area contributed by atoms with E-state index in [0.717, 1.165) is 57.0 Å². The summed E-state index contributed by atoms with van der Waals surface area (Å²) in [6.07, 6.45) is 4.45. The Balaban J connectivity index is 1.91. The van der Waals surface area contributed by atoms with E-state index in [0.29, 0.717) is 17.5 Å². The van der Waals surface area contributed by atoms with Crippen molar-refractivity contribution in [3.63, 3.8) is 0 Å². The zero-order valence-corrected chi connectivity index (χ0v) is 16.9. The molecule has 1 N–H and O–H groups in total. The second-order valence-corrected chi connectivity index (χ2v) is 8.56. The van der Waals surface area contributed by atoms with E-state index >= 15 is 0 Å². The Labute approximate surface area is 157 Å². The van der Waals surface area contributed by atoms with E-state index in [4.69, 9.17) is 9.73 Å². The second kappa shape index (κ2) is 9.92. The number of hydrogen-bond donors (Lipinski definition) is 1. The molecule has 146 valence electrons. The van der Waals surface area contributed by atoms with Gasteiger partial charge in [0, 0.05) is 39.0 Å². The van der Waals surface area contributed by atoms with Crippen LogP contribution in [0, 0.1) is 0 Å². The summed E-state index contributed by atoms with van der Waals surface area (Å²) in [7, 11) is -3.14. The number of nitrogens with zero attached hydrogens (tertiary/aromatic N) is 2. The minimum atomic E-state index is -3.14. The summed E-state index contributed by atoms with van der Waals surface area (Å²) < 4.78 is 28.7. The first-order chi connectivity index (χ1) is 12.4.